The van der Waals surface area contributed by atoms with Gasteiger partial charge in [0.1, 0.15) is 17.3 Å². The molecule has 2 aromatic rings. The second-order valence-electron chi connectivity index (χ2n) is 3.67. The highest BCUT2D eigenvalue weighted by Crippen LogP contribution is 2.29. The summed E-state index contributed by atoms with van der Waals surface area (Å²) >= 11 is 5.87. The van der Waals surface area contributed by atoms with Crippen LogP contribution in [0.1, 0.15) is 11.6 Å². The Bertz CT molecular complexity index is 554. The van der Waals surface area contributed by atoms with E-state index in [1.165, 1.54) is 0 Å². The minimum atomic E-state index is 0.279. The minimum Gasteiger partial charge on any atom is -0.497 e. The highest BCUT2D eigenvalue weighted by atomic mass is 35.5. The monoisotopic (exact) mass is 267 g/mol. The molecule has 0 fully saturated rings. The van der Waals surface area contributed by atoms with Crippen molar-refractivity contribution in [1.29, 1.82) is 0 Å². The van der Waals surface area contributed by atoms with E-state index in [1.807, 2.05) is 29.7 Å². The maximum absolute atomic E-state index is 5.87. The molecule has 0 atom stereocenters. The Labute approximate surface area is 110 Å². The maximum Gasteiger partial charge on any atom is 0.152 e. The topological polar surface area (TPSA) is 49.2 Å². The summed E-state index contributed by atoms with van der Waals surface area (Å²) in [6.07, 6.45) is 0. The van der Waals surface area contributed by atoms with E-state index in [9.17, 15) is 0 Å². The Morgan fingerprint density at radius 2 is 2.00 bits per heavy atom. The Hall–Kier alpha value is -1.75. The molecule has 2 rings (SSSR count). The number of aromatic nitrogens is 3. The van der Waals surface area contributed by atoms with Crippen molar-refractivity contribution in [2.45, 2.75) is 12.8 Å². The number of nitrogens with zero attached hydrogens (tertiary/aromatic N) is 3. The molecule has 0 spiro atoms. The van der Waals surface area contributed by atoms with Crippen LogP contribution in [0.2, 0.25) is 0 Å². The number of methoxy groups -OCH3 is 2. The number of aryl methyl sites for hydroxylation is 1. The van der Waals surface area contributed by atoms with Gasteiger partial charge in [0.25, 0.3) is 0 Å². The van der Waals surface area contributed by atoms with Gasteiger partial charge in [-0.05, 0) is 19.1 Å². The fourth-order valence-electron chi connectivity index (χ4n) is 1.78. The summed E-state index contributed by atoms with van der Waals surface area (Å²) in [4.78, 5) is 0. The zero-order chi connectivity index (χ0) is 13.1. The predicted molar refractivity (Wildman–Crippen MR) is 68.8 cm³/mol. The molecule has 5 nitrogen and oxygen atoms in total. The van der Waals surface area contributed by atoms with Gasteiger partial charge in [-0.3, -0.25) is 4.57 Å². The molecule has 0 aliphatic carbocycles. The van der Waals surface area contributed by atoms with Crippen LogP contribution >= 0.6 is 11.6 Å². The third kappa shape index (κ3) is 2.13. The van der Waals surface area contributed by atoms with Crippen molar-refractivity contribution in [2.75, 3.05) is 14.2 Å². The first-order valence-corrected chi connectivity index (χ1v) is 5.94. The Morgan fingerprint density at radius 3 is 2.61 bits per heavy atom. The van der Waals surface area contributed by atoms with Gasteiger partial charge in [-0.1, -0.05) is 0 Å². The molecule has 18 heavy (non-hydrogen) atoms. The summed E-state index contributed by atoms with van der Waals surface area (Å²) in [5.74, 6) is 3.14. The Morgan fingerprint density at radius 1 is 1.22 bits per heavy atom. The average Bonchev–Trinajstić information content (AvgIpc) is 2.78. The van der Waals surface area contributed by atoms with Gasteiger partial charge in [-0.25, -0.2) is 0 Å². The van der Waals surface area contributed by atoms with Crippen molar-refractivity contribution in [3.8, 4) is 17.2 Å². The molecule has 1 heterocycles. The molecule has 0 saturated carbocycles. The van der Waals surface area contributed by atoms with E-state index in [4.69, 9.17) is 21.1 Å². The molecule has 6 heteroatoms. The molecule has 1 aromatic carbocycles. The molecular formula is C12H14ClN3O2. The number of ether oxygens (including phenoxy) is 2. The van der Waals surface area contributed by atoms with Crippen LogP contribution in [0.5, 0.6) is 11.5 Å². The van der Waals surface area contributed by atoms with Crippen LogP contribution in [-0.2, 0) is 5.88 Å². The lowest BCUT2D eigenvalue weighted by Gasteiger charge is -2.13. The van der Waals surface area contributed by atoms with Crippen molar-refractivity contribution in [3.05, 3.63) is 29.8 Å². The summed E-state index contributed by atoms with van der Waals surface area (Å²) in [5, 5.41) is 8.05. The van der Waals surface area contributed by atoms with E-state index in [0.717, 1.165) is 17.3 Å². The van der Waals surface area contributed by atoms with Gasteiger partial charge in [0.05, 0.1) is 25.8 Å². The van der Waals surface area contributed by atoms with E-state index in [1.54, 1.807) is 14.2 Å². The Kier molecular flexibility index (Phi) is 3.72. The molecule has 0 aliphatic heterocycles. The lowest BCUT2D eigenvalue weighted by atomic mass is 10.2. The summed E-state index contributed by atoms with van der Waals surface area (Å²) in [6, 6.07) is 5.54. The van der Waals surface area contributed by atoms with Crippen LogP contribution in [-0.4, -0.2) is 29.0 Å². The molecule has 0 bridgehead atoms. The highest BCUT2D eigenvalue weighted by Gasteiger charge is 2.14. The summed E-state index contributed by atoms with van der Waals surface area (Å²) in [7, 11) is 3.23. The van der Waals surface area contributed by atoms with E-state index < -0.39 is 0 Å². The minimum absolute atomic E-state index is 0.279. The van der Waals surface area contributed by atoms with Crippen molar-refractivity contribution in [3.63, 3.8) is 0 Å². The summed E-state index contributed by atoms with van der Waals surface area (Å²) in [5.41, 5.74) is 0.815. The molecular weight excluding hydrogens is 254 g/mol. The van der Waals surface area contributed by atoms with Crippen LogP contribution < -0.4 is 9.47 Å². The zero-order valence-corrected chi connectivity index (χ0v) is 11.2. The first-order chi connectivity index (χ1) is 8.71. The molecule has 0 unspecified atom stereocenters. The number of benzene rings is 1. The number of alkyl halides is 1. The zero-order valence-electron chi connectivity index (χ0n) is 10.5. The van der Waals surface area contributed by atoms with Crippen LogP contribution in [0.3, 0.4) is 0 Å². The van der Waals surface area contributed by atoms with Crippen LogP contribution in [0.15, 0.2) is 18.2 Å². The fraction of sp³-hybridized carbons (Fsp3) is 0.333. The number of rotatable bonds is 4. The average molecular weight is 268 g/mol. The van der Waals surface area contributed by atoms with Gasteiger partial charge >= 0.3 is 0 Å². The maximum atomic E-state index is 5.87. The van der Waals surface area contributed by atoms with E-state index in [0.29, 0.717) is 11.6 Å². The second kappa shape index (κ2) is 5.27. The number of hydrogen-bond donors (Lipinski definition) is 0. The van der Waals surface area contributed by atoms with Crippen molar-refractivity contribution in [1.82, 2.24) is 14.8 Å². The van der Waals surface area contributed by atoms with Gasteiger partial charge in [0.15, 0.2) is 5.82 Å². The third-order valence-electron chi connectivity index (χ3n) is 2.64. The first-order valence-electron chi connectivity index (χ1n) is 5.40. The molecule has 0 aliphatic rings. The predicted octanol–water partition coefficient (Wildman–Crippen LogP) is 2.33. The molecule has 0 saturated heterocycles. The van der Waals surface area contributed by atoms with Gasteiger partial charge in [-0.15, -0.1) is 21.8 Å². The van der Waals surface area contributed by atoms with Crippen LogP contribution in [0.25, 0.3) is 5.69 Å². The highest BCUT2D eigenvalue weighted by molar-refractivity contribution is 6.16. The molecule has 0 radical (unpaired) electrons. The standard InChI is InChI=1S/C12H14ClN3O2/c1-8-14-15-12(7-13)16(8)10-6-9(17-2)4-5-11(10)18-3/h4-6H,7H2,1-3H3. The largest absolute Gasteiger partial charge is 0.497 e. The Balaban J connectivity index is 2.64. The van der Waals surface area contributed by atoms with Crippen LogP contribution in [0, 0.1) is 6.92 Å². The van der Waals surface area contributed by atoms with E-state index >= 15 is 0 Å². The molecule has 0 N–H and O–H groups in total. The lowest BCUT2D eigenvalue weighted by molar-refractivity contribution is 0.401. The first kappa shape index (κ1) is 12.7. The van der Waals surface area contributed by atoms with Crippen molar-refractivity contribution < 1.29 is 9.47 Å². The molecule has 0 amide bonds. The number of hydrogen-bond acceptors (Lipinski definition) is 4. The van der Waals surface area contributed by atoms with Gasteiger partial charge in [0, 0.05) is 6.07 Å². The third-order valence-corrected chi connectivity index (χ3v) is 2.88. The smallest absolute Gasteiger partial charge is 0.152 e. The quantitative estimate of drug-likeness (QED) is 0.798. The molecule has 1 aromatic heterocycles. The lowest BCUT2D eigenvalue weighted by Crippen LogP contribution is -2.04. The van der Waals surface area contributed by atoms with E-state index in [-0.39, 0.29) is 5.88 Å². The number of halogens is 1. The van der Waals surface area contributed by atoms with Gasteiger partial charge in [0.2, 0.25) is 0 Å². The van der Waals surface area contributed by atoms with Gasteiger partial charge < -0.3 is 9.47 Å². The van der Waals surface area contributed by atoms with E-state index in [2.05, 4.69) is 10.2 Å². The van der Waals surface area contributed by atoms with Crippen molar-refractivity contribution >= 4 is 11.6 Å². The fourth-order valence-corrected chi connectivity index (χ4v) is 1.95. The SMILES string of the molecule is COc1ccc(OC)c(-n2c(C)nnc2CCl)c1. The van der Waals surface area contributed by atoms with Crippen LogP contribution in [0.4, 0.5) is 0 Å². The molecule has 96 valence electrons. The second-order valence-corrected chi connectivity index (χ2v) is 3.94. The normalized spacial score (nSPS) is 10.4. The van der Waals surface area contributed by atoms with Gasteiger partial charge in [-0.2, -0.15) is 0 Å². The summed E-state index contributed by atoms with van der Waals surface area (Å²) in [6.45, 7) is 1.86. The van der Waals surface area contributed by atoms with Crippen molar-refractivity contribution in [2.24, 2.45) is 0 Å². The summed E-state index contributed by atoms with van der Waals surface area (Å²) < 4.78 is 12.4.